The first-order chi connectivity index (χ1) is 13.6. The first kappa shape index (κ1) is 18.7. The van der Waals surface area contributed by atoms with Crippen LogP contribution in [-0.2, 0) is 4.79 Å². The minimum absolute atomic E-state index is 0.0411. The third kappa shape index (κ3) is 3.77. The van der Waals surface area contributed by atoms with E-state index in [9.17, 15) is 9.59 Å². The highest BCUT2D eigenvalue weighted by Gasteiger charge is 2.51. The van der Waals surface area contributed by atoms with Crippen molar-refractivity contribution in [3.05, 3.63) is 0 Å². The van der Waals surface area contributed by atoms with Gasteiger partial charge < -0.3 is 20.9 Å². The molecule has 6 heteroatoms. The molecular weight excluding hydrogens is 352 g/mol. The smallest absolute Gasteiger partial charge is 0.315 e. The van der Waals surface area contributed by atoms with E-state index in [1.165, 1.54) is 19.3 Å². The second kappa shape index (κ2) is 7.51. The van der Waals surface area contributed by atoms with Crippen molar-refractivity contribution in [3.8, 4) is 0 Å². The largest absolute Gasteiger partial charge is 0.343 e. The lowest BCUT2D eigenvalue weighted by atomic mass is 9.53. The summed E-state index contributed by atoms with van der Waals surface area (Å²) in [6, 6.07) is -0.0637. The maximum atomic E-state index is 12.6. The summed E-state index contributed by atoms with van der Waals surface area (Å²) in [6.45, 7) is 4.42. The number of hydrogen-bond donors (Lipinski definition) is 3. The summed E-state index contributed by atoms with van der Waals surface area (Å²) >= 11 is 0. The highest BCUT2D eigenvalue weighted by molar-refractivity contribution is 5.78. The van der Waals surface area contributed by atoms with Gasteiger partial charge in [0.1, 0.15) is 0 Å². The zero-order valence-electron chi connectivity index (χ0n) is 17.0. The van der Waals surface area contributed by atoms with Gasteiger partial charge in [-0.05, 0) is 94.0 Å². The van der Waals surface area contributed by atoms with Gasteiger partial charge in [-0.25, -0.2) is 4.79 Å². The number of carbonyl (C=O) groups is 2. The molecular formula is C22H36N4O2. The minimum atomic E-state index is -0.0637. The molecule has 6 fully saturated rings. The number of nitrogens with one attached hydrogen (secondary N) is 3. The number of urea groups is 1. The van der Waals surface area contributed by atoms with Gasteiger partial charge in [0.25, 0.3) is 0 Å². The number of fused-ring (bicyclic) bond motifs is 1. The molecule has 0 aromatic carbocycles. The van der Waals surface area contributed by atoms with Crippen molar-refractivity contribution >= 4 is 11.9 Å². The number of hydrogen-bond acceptors (Lipinski definition) is 3. The molecule has 156 valence electrons. The standard InChI is InChI=1S/C22H36N4O2/c27-20(26-5-2-18-13-23-14-19(18)3-6-26)1-4-24-21(28)25-22-10-15-7-16(11-22)9-17(8-15)12-22/h15-19,23H,1-14H2,(H2,24,25,28)/t15?,16?,17?,18-,19+,22?. The fourth-order valence-corrected chi connectivity index (χ4v) is 7.46. The van der Waals surface area contributed by atoms with Gasteiger partial charge in [-0.1, -0.05) is 0 Å². The molecule has 4 aliphatic carbocycles. The van der Waals surface area contributed by atoms with Crippen LogP contribution in [-0.4, -0.2) is 55.1 Å². The van der Waals surface area contributed by atoms with Gasteiger partial charge in [-0.15, -0.1) is 0 Å². The predicted octanol–water partition coefficient (Wildman–Crippen LogP) is 2.10. The maximum absolute atomic E-state index is 12.6. The second-order valence-electron chi connectivity index (χ2n) is 10.5. The Labute approximate surface area is 168 Å². The van der Waals surface area contributed by atoms with E-state index in [4.69, 9.17) is 0 Å². The lowest BCUT2D eigenvalue weighted by Crippen LogP contribution is -2.61. The predicted molar refractivity (Wildman–Crippen MR) is 108 cm³/mol. The van der Waals surface area contributed by atoms with Crippen LogP contribution in [0.5, 0.6) is 0 Å². The summed E-state index contributed by atoms with van der Waals surface area (Å²) < 4.78 is 0. The third-order valence-electron chi connectivity index (χ3n) is 8.41. The normalized spacial score (nSPS) is 41.4. The number of nitrogens with zero attached hydrogens (tertiary/aromatic N) is 1. The SMILES string of the molecule is O=C(NCCC(=O)N1CC[C@@H]2CNC[C@@H]2CC1)NC12CC3CC(CC(C3)C1)C2. The number of carbonyl (C=O) groups excluding carboxylic acids is 2. The van der Waals surface area contributed by atoms with Crippen molar-refractivity contribution in [2.24, 2.45) is 29.6 Å². The molecule has 0 aromatic heterocycles. The Morgan fingerprint density at radius 1 is 0.929 bits per heavy atom. The Balaban J connectivity index is 1.06. The molecule has 2 heterocycles. The van der Waals surface area contributed by atoms with Gasteiger partial charge in [-0.2, -0.15) is 0 Å². The van der Waals surface area contributed by atoms with Crippen molar-refractivity contribution in [2.45, 2.75) is 63.3 Å². The maximum Gasteiger partial charge on any atom is 0.315 e. The molecule has 6 nitrogen and oxygen atoms in total. The van der Waals surface area contributed by atoms with Crippen LogP contribution in [0.2, 0.25) is 0 Å². The Kier molecular flexibility index (Phi) is 5.02. The zero-order valence-corrected chi connectivity index (χ0v) is 17.0. The summed E-state index contributed by atoms with van der Waals surface area (Å²) in [5.74, 6) is 4.15. The van der Waals surface area contributed by atoms with Crippen LogP contribution < -0.4 is 16.0 Å². The Bertz CT molecular complexity index is 572. The van der Waals surface area contributed by atoms with Crippen LogP contribution in [0.25, 0.3) is 0 Å². The van der Waals surface area contributed by atoms with Gasteiger partial charge in [0.15, 0.2) is 0 Å². The van der Waals surface area contributed by atoms with E-state index in [-0.39, 0.29) is 17.5 Å². The second-order valence-corrected chi connectivity index (χ2v) is 10.5. The Hall–Kier alpha value is -1.30. The van der Waals surface area contributed by atoms with E-state index in [1.807, 2.05) is 4.90 Å². The van der Waals surface area contributed by atoms with Crippen LogP contribution in [0.3, 0.4) is 0 Å². The molecule has 28 heavy (non-hydrogen) atoms. The quantitative estimate of drug-likeness (QED) is 0.691. The number of rotatable bonds is 4. The molecule has 0 unspecified atom stereocenters. The third-order valence-corrected chi connectivity index (χ3v) is 8.41. The average molecular weight is 389 g/mol. The molecule has 2 aliphatic heterocycles. The van der Waals surface area contributed by atoms with Gasteiger partial charge >= 0.3 is 6.03 Å². The van der Waals surface area contributed by atoms with Crippen molar-refractivity contribution in [3.63, 3.8) is 0 Å². The lowest BCUT2D eigenvalue weighted by molar-refractivity contribution is -0.131. The van der Waals surface area contributed by atoms with Gasteiger partial charge in [0.05, 0.1) is 0 Å². The van der Waals surface area contributed by atoms with E-state index >= 15 is 0 Å². The first-order valence-electron chi connectivity index (χ1n) is 11.6. The van der Waals surface area contributed by atoms with Gasteiger partial charge in [-0.3, -0.25) is 4.79 Å². The lowest BCUT2D eigenvalue weighted by Gasteiger charge is -2.56. The number of amides is 3. The van der Waals surface area contributed by atoms with Gasteiger partial charge in [0.2, 0.25) is 5.91 Å². The average Bonchev–Trinajstić information content (AvgIpc) is 2.98. The molecule has 0 radical (unpaired) electrons. The topological polar surface area (TPSA) is 73.5 Å². The Morgan fingerprint density at radius 3 is 2.07 bits per heavy atom. The van der Waals surface area contributed by atoms with E-state index in [0.29, 0.717) is 13.0 Å². The summed E-state index contributed by atoms with van der Waals surface area (Å²) in [5.41, 5.74) is 0.0411. The highest BCUT2D eigenvalue weighted by Crippen LogP contribution is 2.55. The molecule has 0 aromatic rings. The summed E-state index contributed by atoms with van der Waals surface area (Å²) in [7, 11) is 0. The summed E-state index contributed by atoms with van der Waals surface area (Å²) in [6.07, 6.45) is 10.3. The highest BCUT2D eigenvalue weighted by atomic mass is 16.2. The van der Waals surface area contributed by atoms with E-state index in [0.717, 1.165) is 87.9 Å². The fraction of sp³-hybridized carbons (Fsp3) is 0.909. The van der Waals surface area contributed by atoms with Crippen LogP contribution in [0.4, 0.5) is 4.79 Å². The minimum Gasteiger partial charge on any atom is -0.343 e. The van der Waals surface area contributed by atoms with Gasteiger partial charge in [0, 0.05) is 31.6 Å². The molecule has 2 saturated heterocycles. The van der Waals surface area contributed by atoms with E-state index in [2.05, 4.69) is 16.0 Å². The van der Waals surface area contributed by atoms with E-state index in [1.54, 1.807) is 0 Å². The molecule has 4 saturated carbocycles. The van der Waals surface area contributed by atoms with Crippen LogP contribution >= 0.6 is 0 Å². The molecule has 3 amide bonds. The molecule has 6 rings (SSSR count). The van der Waals surface area contributed by atoms with Crippen molar-refractivity contribution in [1.82, 2.24) is 20.9 Å². The molecule has 6 aliphatic rings. The van der Waals surface area contributed by atoms with Crippen molar-refractivity contribution in [1.29, 1.82) is 0 Å². The van der Waals surface area contributed by atoms with Crippen LogP contribution in [0, 0.1) is 29.6 Å². The number of likely N-dealkylation sites (tertiary alicyclic amines) is 1. The fourth-order valence-electron chi connectivity index (χ4n) is 7.46. The molecule has 2 atom stereocenters. The summed E-state index contributed by atoms with van der Waals surface area (Å²) in [4.78, 5) is 27.1. The summed E-state index contributed by atoms with van der Waals surface area (Å²) in [5, 5.41) is 9.79. The first-order valence-corrected chi connectivity index (χ1v) is 11.6. The zero-order chi connectivity index (χ0) is 19.1. The monoisotopic (exact) mass is 388 g/mol. The van der Waals surface area contributed by atoms with Crippen LogP contribution in [0.1, 0.15) is 57.8 Å². The van der Waals surface area contributed by atoms with Crippen molar-refractivity contribution in [2.75, 3.05) is 32.7 Å². The Morgan fingerprint density at radius 2 is 1.50 bits per heavy atom. The van der Waals surface area contributed by atoms with E-state index < -0.39 is 0 Å². The van der Waals surface area contributed by atoms with Crippen LogP contribution in [0.15, 0.2) is 0 Å². The van der Waals surface area contributed by atoms with Crippen molar-refractivity contribution < 1.29 is 9.59 Å². The molecule has 0 spiro atoms. The molecule has 3 N–H and O–H groups in total. The molecule has 4 bridgehead atoms.